The number of nitrogens with one attached hydrogen (secondary N) is 1. The normalized spacial score (nSPS) is 13.5. The first-order valence-electron chi connectivity index (χ1n) is 7.34. The molecule has 0 fully saturated rings. The van der Waals surface area contributed by atoms with Gasteiger partial charge in [-0.05, 0) is 19.4 Å². The zero-order chi connectivity index (χ0) is 16.9. The molecule has 0 spiro atoms. The van der Waals surface area contributed by atoms with Gasteiger partial charge in [0.1, 0.15) is 10.7 Å². The molecule has 0 radical (unpaired) electrons. The van der Waals surface area contributed by atoms with E-state index >= 15 is 0 Å². The molecular weight excluding hydrogens is 312 g/mol. The number of carbonyl (C=O) groups is 1. The van der Waals surface area contributed by atoms with Gasteiger partial charge in [0.15, 0.2) is 0 Å². The number of ether oxygens (including phenoxy) is 1. The lowest BCUT2D eigenvalue weighted by molar-refractivity contribution is -0.128. The van der Waals surface area contributed by atoms with Crippen LogP contribution in [0.3, 0.4) is 0 Å². The molecule has 124 valence electrons. The third-order valence-corrected chi connectivity index (χ3v) is 4.62. The lowest BCUT2D eigenvalue weighted by Gasteiger charge is -2.23. The molecule has 0 saturated carbocycles. The van der Waals surface area contributed by atoms with E-state index in [1.165, 1.54) is 11.3 Å². The van der Waals surface area contributed by atoms with Crippen LogP contribution in [-0.2, 0) is 23.1 Å². The van der Waals surface area contributed by atoms with E-state index in [1.54, 1.807) is 17.9 Å². The minimum Gasteiger partial charge on any atom is -0.385 e. The number of hydrogen-bond donors (Lipinski definition) is 1. The van der Waals surface area contributed by atoms with E-state index in [4.69, 9.17) is 4.74 Å². The number of methoxy groups -OCH3 is 1. The number of rotatable bonds is 8. The lowest BCUT2D eigenvalue weighted by atomic mass is 9.86. The summed E-state index contributed by atoms with van der Waals surface area (Å²) in [5, 5.41) is 10.0. The van der Waals surface area contributed by atoms with Gasteiger partial charge in [-0.3, -0.25) is 9.48 Å². The number of carbonyl (C=O) groups excluding carboxylic acids is 1. The zero-order valence-corrected chi connectivity index (χ0v) is 14.5. The summed E-state index contributed by atoms with van der Waals surface area (Å²) in [7, 11) is 3.49. The molecule has 0 aliphatic rings. The van der Waals surface area contributed by atoms with Crippen molar-refractivity contribution in [1.29, 1.82) is 0 Å². The number of amides is 1. The number of nitrogens with zero attached hydrogens (tertiary/aromatic N) is 3. The Hall–Kier alpha value is -1.99. The van der Waals surface area contributed by atoms with E-state index in [-0.39, 0.29) is 5.91 Å². The minimum atomic E-state index is -0.643. The average Bonchev–Trinajstić information content (AvgIpc) is 3.18. The first kappa shape index (κ1) is 17.4. The average molecular weight is 334 g/mol. The second-order valence-electron chi connectivity index (χ2n) is 5.57. The Bertz CT molecular complexity index is 679. The van der Waals surface area contributed by atoms with Gasteiger partial charge in [0.05, 0.1) is 17.7 Å². The summed E-state index contributed by atoms with van der Waals surface area (Å²) in [6, 6.07) is 1.92. The summed E-state index contributed by atoms with van der Waals surface area (Å²) in [6.45, 7) is 6.52. The summed E-state index contributed by atoms with van der Waals surface area (Å²) in [4.78, 5) is 16.9. The first-order valence-corrected chi connectivity index (χ1v) is 8.22. The van der Waals surface area contributed by atoms with Gasteiger partial charge >= 0.3 is 0 Å². The topological polar surface area (TPSA) is 69.0 Å². The van der Waals surface area contributed by atoms with Gasteiger partial charge in [-0.15, -0.1) is 17.9 Å². The third-order valence-electron chi connectivity index (χ3n) is 3.71. The molecule has 1 N–H and O–H groups in total. The van der Waals surface area contributed by atoms with Crippen molar-refractivity contribution in [3.63, 3.8) is 0 Å². The maximum absolute atomic E-state index is 12.4. The quantitative estimate of drug-likeness (QED) is 0.753. The van der Waals surface area contributed by atoms with Crippen molar-refractivity contribution >= 4 is 17.2 Å². The SMILES string of the molecule is C=CC(C)(CCOC)C(=O)NCc1csc(-c2ccn(C)n2)n1. The molecule has 23 heavy (non-hydrogen) atoms. The molecule has 1 atom stereocenters. The van der Waals surface area contributed by atoms with Crippen LogP contribution in [0.2, 0.25) is 0 Å². The van der Waals surface area contributed by atoms with Crippen LogP contribution in [0, 0.1) is 5.41 Å². The van der Waals surface area contributed by atoms with Gasteiger partial charge in [-0.25, -0.2) is 4.98 Å². The molecule has 1 amide bonds. The molecular formula is C16H22N4O2S. The van der Waals surface area contributed by atoms with Crippen molar-refractivity contribution in [3.8, 4) is 10.7 Å². The third kappa shape index (κ3) is 4.27. The van der Waals surface area contributed by atoms with Crippen molar-refractivity contribution in [3.05, 3.63) is 36.0 Å². The first-order chi connectivity index (χ1) is 11.0. The van der Waals surface area contributed by atoms with E-state index in [0.717, 1.165) is 16.4 Å². The smallest absolute Gasteiger partial charge is 0.230 e. The molecule has 2 rings (SSSR count). The highest BCUT2D eigenvalue weighted by molar-refractivity contribution is 7.13. The van der Waals surface area contributed by atoms with E-state index in [9.17, 15) is 4.79 Å². The molecule has 0 aliphatic heterocycles. The molecule has 7 heteroatoms. The fourth-order valence-electron chi connectivity index (χ4n) is 2.03. The standard InChI is InChI=1S/C16H22N4O2S/c1-5-16(2,7-9-22-4)15(21)17-10-12-11-23-14(18-12)13-6-8-20(3)19-13/h5-6,8,11H,1,7,9-10H2,2-4H3,(H,17,21). The predicted octanol–water partition coefficient (Wildman–Crippen LogP) is 2.39. The lowest BCUT2D eigenvalue weighted by Crippen LogP contribution is -2.38. The van der Waals surface area contributed by atoms with Crippen LogP contribution < -0.4 is 5.32 Å². The van der Waals surface area contributed by atoms with Crippen molar-refractivity contribution < 1.29 is 9.53 Å². The maximum Gasteiger partial charge on any atom is 0.230 e. The molecule has 2 aromatic rings. The fraction of sp³-hybridized carbons (Fsp3) is 0.438. The van der Waals surface area contributed by atoms with Gasteiger partial charge in [0, 0.05) is 32.3 Å². The summed E-state index contributed by atoms with van der Waals surface area (Å²) in [6.07, 6.45) is 4.14. The molecule has 0 saturated heterocycles. The van der Waals surface area contributed by atoms with Gasteiger partial charge in [-0.2, -0.15) is 5.10 Å². The molecule has 0 bridgehead atoms. The van der Waals surface area contributed by atoms with Crippen LogP contribution in [0.4, 0.5) is 0 Å². The molecule has 0 aliphatic carbocycles. The fourth-order valence-corrected chi connectivity index (χ4v) is 2.81. The van der Waals surface area contributed by atoms with Crippen LogP contribution in [-0.4, -0.2) is 34.4 Å². The highest BCUT2D eigenvalue weighted by atomic mass is 32.1. The highest BCUT2D eigenvalue weighted by Crippen LogP contribution is 2.24. The van der Waals surface area contributed by atoms with Crippen LogP contribution >= 0.6 is 11.3 Å². The van der Waals surface area contributed by atoms with Crippen LogP contribution in [0.25, 0.3) is 10.7 Å². The van der Waals surface area contributed by atoms with Gasteiger partial charge < -0.3 is 10.1 Å². The van der Waals surface area contributed by atoms with Crippen LogP contribution in [0.5, 0.6) is 0 Å². The Morgan fingerprint density at radius 2 is 2.39 bits per heavy atom. The maximum atomic E-state index is 12.4. The van der Waals surface area contributed by atoms with Crippen molar-refractivity contribution in [2.24, 2.45) is 12.5 Å². The number of aryl methyl sites for hydroxylation is 1. The predicted molar refractivity (Wildman–Crippen MR) is 91.0 cm³/mol. The number of aromatic nitrogens is 3. The van der Waals surface area contributed by atoms with E-state index < -0.39 is 5.41 Å². The number of thiazole rings is 1. The Morgan fingerprint density at radius 1 is 1.61 bits per heavy atom. The van der Waals surface area contributed by atoms with Gasteiger partial charge in [-0.1, -0.05) is 6.08 Å². The monoisotopic (exact) mass is 334 g/mol. The molecule has 2 heterocycles. The molecule has 6 nitrogen and oxygen atoms in total. The van der Waals surface area contributed by atoms with E-state index in [2.05, 4.69) is 22.0 Å². The largest absolute Gasteiger partial charge is 0.385 e. The summed E-state index contributed by atoms with van der Waals surface area (Å²) in [5.74, 6) is -0.0723. The Kier molecular flexibility index (Phi) is 5.68. The Balaban J connectivity index is 1.96. The second-order valence-corrected chi connectivity index (χ2v) is 6.42. The van der Waals surface area contributed by atoms with Gasteiger partial charge in [0.25, 0.3) is 0 Å². The second kappa shape index (κ2) is 7.52. The minimum absolute atomic E-state index is 0.0723. The van der Waals surface area contributed by atoms with Crippen LogP contribution in [0.1, 0.15) is 19.0 Å². The Labute approximate surface area is 140 Å². The zero-order valence-electron chi connectivity index (χ0n) is 13.7. The van der Waals surface area contributed by atoms with Crippen molar-refractivity contribution in [2.75, 3.05) is 13.7 Å². The molecule has 1 unspecified atom stereocenters. The van der Waals surface area contributed by atoms with Crippen molar-refractivity contribution in [2.45, 2.75) is 19.9 Å². The summed E-state index contributed by atoms with van der Waals surface area (Å²) in [5.41, 5.74) is 1.02. The molecule has 2 aromatic heterocycles. The van der Waals surface area contributed by atoms with E-state index in [0.29, 0.717) is 19.6 Å². The summed E-state index contributed by atoms with van der Waals surface area (Å²) >= 11 is 1.52. The highest BCUT2D eigenvalue weighted by Gasteiger charge is 2.29. The van der Waals surface area contributed by atoms with Crippen molar-refractivity contribution in [1.82, 2.24) is 20.1 Å². The number of hydrogen-bond acceptors (Lipinski definition) is 5. The van der Waals surface area contributed by atoms with Gasteiger partial charge in [0.2, 0.25) is 5.91 Å². The summed E-state index contributed by atoms with van der Waals surface area (Å²) < 4.78 is 6.80. The Morgan fingerprint density at radius 3 is 3.00 bits per heavy atom. The molecule has 0 aromatic carbocycles. The van der Waals surface area contributed by atoms with E-state index in [1.807, 2.05) is 31.6 Å². The van der Waals surface area contributed by atoms with Crippen LogP contribution in [0.15, 0.2) is 30.3 Å².